The molecule has 2 unspecified atom stereocenters. The summed E-state index contributed by atoms with van der Waals surface area (Å²) in [6.45, 7) is 2.23. The van der Waals surface area contributed by atoms with Crippen molar-refractivity contribution in [3.63, 3.8) is 0 Å². The van der Waals surface area contributed by atoms with Crippen LogP contribution in [0, 0.1) is 11.8 Å². The Balaban J connectivity index is 1.51. The number of carbonyl (C=O) groups is 2. The van der Waals surface area contributed by atoms with E-state index in [0.717, 1.165) is 37.2 Å². The number of likely N-dealkylation sites (tertiary alicyclic amines) is 1. The Morgan fingerprint density at radius 1 is 0.885 bits per heavy atom. The Labute approximate surface area is 154 Å². The lowest BCUT2D eigenvalue weighted by Gasteiger charge is -2.24. The molecule has 1 heterocycles. The molecular weight excluding hydrogens is 324 g/mol. The van der Waals surface area contributed by atoms with Gasteiger partial charge in [-0.15, -0.1) is 0 Å². The second-order valence-corrected chi connectivity index (χ2v) is 7.23. The Morgan fingerprint density at radius 2 is 1.50 bits per heavy atom. The predicted octanol–water partition coefficient (Wildman–Crippen LogP) is 3.48. The largest absolute Gasteiger partial charge is 0.342 e. The van der Waals surface area contributed by atoms with Crippen molar-refractivity contribution < 1.29 is 9.59 Å². The molecule has 0 spiro atoms. The zero-order chi connectivity index (χ0) is 17.9. The van der Waals surface area contributed by atoms with Gasteiger partial charge in [0, 0.05) is 18.8 Å². The quantitative estimate of drug-likeness (QED) is 0.830. The van der Waals surface area contributed by atoms with Gasteiger partial charge < -0.3 is 9.80 Å². The standard InChI is InChI=1S/C22H24N2O2/c25-21(23-13-7-8-14-23)19-15-20(19)22(26)24(18-11-5-2-6-12-18)16-17-9-3-1-4-10-17/h1-6,9-12,19-20H,7-8,13-16H2. The summed E-state index contributed by atoms with van der Waals surface area (Å²) < 4.78 is 0. The molecule has 1 aliphatic carbocycles. The van der Waals surface area contributed by atoms with Crippen LogP contribution in [0.3, 0.4) is 0 Å². The molecule has 134 valence electrons. The molecule has 1 saturated carbocycles. The van der Waals surface area contributed by atoms with E-state index in [0.29, 0.717) is 13.0 Å². The first-order chi connectivity index (χ1) is 12.7. The monoisotopic (exact) mass is 348 g/mol. The molecule has 2 aliphatic rings. The van der Waals surface area contributed by atoms with E-state index in [2.05, 4.69) is 0 Å². The van der Waals surface area contributed by atoms with Crippen LogP contribution in [0.4, 0.5) is 5.69 Å². The maximum Gasteiger partial charge on any atom is 0.231 e. The highest BCUT2D eigenvalue weighted by molar-refractivity contribution is 6.01. The first-order valence-electron chi connectivity index (χ1n) is 9.43. The predicted molar refractivity (Wildman–Crippen MR) is 101 cm³/mol. The lowest BCUT2D eigenvalue weighted by Crippen LogP contribution is -2.35. The molecule has 0 bridgehead atoms. The van der Waals surface area contributed by atoms with Crippen LogP contribution in [0.25, 0.3) is 0 Å². The van der Waals surface area contributed by atoms with Crippen molar-refractivity contribution in [3.05, 3.63) is 66.2 Å². The molecule has 2 aromatic carbocycles. The fourth-order valence-electron chi connectivity index (χ4n) is 3.78. The number of anilines is 1. The zero-order valence-electron chi connectivity index (χ0n) is 14.9. The third-order valence-corrected chi connectivity index (χ3v) is 5.36. The van der Waals surface area contributed by atoms with Gasteiger partial charge in [0.05, 0.1) is 18.4 Å². The minimum Gasteiger partial charge on any atom is -0.342 e. The fraction of sp³-hybridized carbons (Fsp3) is 0.364. The minimum absolute atomic E-state index is 0.0672. The van der Waals surface area contributed by atoms with Gasteiger partial charge in [0.2, 0.25) is 11.8 Å². The molecule has 1 aliphatic heterocycles. The molecule has 0 N–H and O–H groups in total. The number of carbonyl (C=O) groups excluding carboxylic acids is 2. The summed E-state index contributed by atoms with van der Waals surface area (Å²) in [4.78, 5) is 29.6. The second kappa shape index (κ2) is 7.32. The highest BCUT2D eigenvalue weighted by Gasteiger charge is 2.51. The van der Waals surface area contributed by atoms with Gasteiger partial charge in [-0.1, -0.05) is 48.5 Å². The van der Waals surface area contributed by atoms with Crippen LogP contribution in [0.1, 0.15) is 24.8 Å². The van der Waals surface area contributed by atoms with E-state index in [1.807, 2.05) is 70.5 Å². The first kappa shape index (κ1) is 16.8. The Hall–Kier alpha value is -2.62. The summed E-state index contributed by atoms with van der Waals surface area (Å²) in [7, 11) is 0. The van der Waals surface area contributed by atoms with Crippen molar-refractivity contribution >= 4 is 17.5 Å². The van der Waals surface area contributed by atoms with Crippen molar-refractivity contribution in [2.45, 2.75) is 25.8 Å². The number of hydrogen-bond donors (Lipinski definition) is 0. The summed E-state index contributed by atoms with van der Waals surface area (Å²) in [5.74, 6) is -0.0548. The van der Waals surface area contributed by atoms with E-state index in [-0.39, 0.29) is 23.7 Å². The normalized spacial score (nSPS) is 21.5. The average Bonchev–Trinajstić information content (AvgIpc) is 3.30. The number of amides is 2. The van der Waals surface area contributed by atoms with E-state index in [1.54, 1.807) is 0 Å². The van der Waals surface area contributed by atoms with Crippen molar-refractivity contribution in [2.75, 3.05) is 18.0 Å². The van der Waals surface area contributed by atoms with Crippen LogP contribution >= 0.6 is 0 Å². The maximum atomic E-state index is 13.2. The topological polar surface area (TPSA) is 40.6 Å². The van der Waals surface area contributed by atoms with Gasteiger partial charge in [-0.25, -0.2) is 0 Å². The van der Waals surface area contributed by atoms with E-state index in [1.165, 1.54) is 0 Å². The molecule has 0 radical (unpaired) electrons. The zero-order valence-corrected chi connectivity index (χ0v) is 14.9. The van der Waals surface area contributed by atoms with Crippen molar-refractivity contribution in [2.24, 2.45) is 11.8 Å². The van der Waals surface area contributed by atoms with Crippen molar-refractivity contribution in [1.29, 1.82) is 0 Å². The van der Waals surface area contributed by atoms with Crippen LogP contribution in [-0.2, 0) is 16.1 Å². The summed E-state index contributed by atoms with van der Waals surface area (Å²) in [5, 5.41) is 0. The molecule has 4 nitrogen and oxygen atoms in total. The summed E-state index contributed by atoms with van der Waals surface area (Å²) in [6, 6.07) is 19.8. The van der Waals surface area contributed by atoms with E-state index < -0.39 is 0 Å². The molecule has 4 rings (SSSR count). The van der Waals surface area contributed by atoms with E-state index in [9.17, 15) is 9.59 Å². The van der Waals surface area contributed by atoms with E-state index in [4.69, 9.17) is 0 Å². The summed E-state index contributed by atoms with van der Waals surface area (Å²) >= 11 is 0. The second-order valence-electron chi connectivity index (χ2n) is 7.23. The molecule has 0 aromatic heterocycles. The fourth-order valence-corrected chi connectivity index (χ4v) is 3.78. The van der Waals surface area contributed by atoms with Gasteiger partial charge in [0.1, 0.15) is 0 Å². The smallest absolute Gasteiger partial charge is 0.231 e. The van der Waals surface area contributed by atoms with Gasteiger partial charge in [-0.3, -0.25) is 9.59 Å². The Morgan fingerprint density at radius 3 is 2.15 bits per heavy atom. The molecule has 2 atom stereocenters. The molecule has 2 amide bonds. The lowest BCUT2D eigenvalue weighted by molar-refractivity contribution is -0.133. The lowest BCUT2D eigenvalue weighted by atomic mass is 10.1. The summed E-state index contributed by atoms with van der Waals surface area (Å²) in [6.07, 6.45) is 2.86. The maximum absolute atomic E-state index is 13.2. The SMILES string of the molecule is O=C(C1CC1C(=O)N(Cc1ccccc1)c1ccccc1)N1CCCC1. The highest BCUT2D eigenvalue weighted by atomic mass is 16.2. The molecule has 2 fully saturated rings. The molecular formula is C22H24N2O2. The van der Waals surface area contributed by atoms with Crippen molar-refractivity contribution in [1.82, 2.24) is 4.90 Å². The highest BCUT2D eigenvalue weighted by Crippen LogP contribution is 2.43. The van der Waals surface area contributed by atoms with Crippen LogP contribution in [0.5, 0.6) is 0 Å². The van der Waals surface area contributed by atoms with Gasteiger partial charge in [0.25, 0.3) is 0 Å². The third-order valence-electron chi connectivity index (χ3n) is 5.36. The number of benzene rings is 2. The molecule has 26 heavy (non-hydrogen) atoms. The number of rotatable bonds is 5. The van der Waals surface area contributed by atoms with Gasteiger partial charge in [0.15, 0.2) is 0 Å². The minimum atomic E-state index is -0.174. The van der Waals surface area contributed by atoms with Crippen molar-refractivity contribution in [3.8, 4) is 0 Å². The van der Waals surface area contributed by atoms with E-state index >= 15 is 0 Å². The Bertz CT molecular complexity index is 769. The number of para-hydroxylation sites is 1. The molecule has 1 saturated heterocycles. The molecule has 2 aromatic rings. The van der Waals surface area contributed by atoms with Gasteiger partial charge in [-0.2, -0.15) is 0 Å². The molecule has 4 heteroatoms. The number of hydrogen-bond acceptors (Lipinski definition) is 2. The van der Waals surface area contributed by atoms with Crippen LogP contribution in [0.2, 0.25) is 0 Å². The van der Waals surface area contributed by atoms with Crippen LogP contribution in [0.15, 0.2) is 60.7 Å². The summed E-state index contributed by atoms with van der Waals surface area (Å²) in [5.41, 5.74) is 1.98. The average molecular weight is 348 g/mol. The number of nitrogens with zero attached hydrogens (tertiary/aromatic N) is 2. The third kappa shape index (κ3) is 3.50. The van der Waals surface area contributed by atoms with Gasteiger partial charge >= 0.3 is 0 Å². The first-order valence-corrected chi connectivity index (χ1v) is 9.43. The van der Waals surface area contributed by atoms with Gasteiger partial charge in [-0.05, 0) is 37.0 Å². The van der Waals surface area contributed by atoms with Crippen LogP contribution < -0.4 is 4.90 Å². The Kier molecular flexibility index (Phi) is 4.74. The van der Waals surface area contributed by atoms with Crippen LogP contribution in [-0.4, -0.2) is 29.8 Å².